The highest BCUT2D eigenvalue weighted by atomic mass is 16.3. The molecule has 0 aliphatic rings. The third-order valence-electron chi connectivity index (χ3n) is 2.55. The Labute approximate surface area is 110 Å². The van der Waals surface area contributed by atoms with Gasteiger partial charge in [-0.3, -0.25) is 4.79 Å². The van der Waals surface area contributed by atoms with Crippen molar-refractivity contribution in [3.05, 3.63) is 51.3 Å². The van der Waals surface area contributed by atoms with Gasteiger partial charge in [-0.15, -0.1) is 0 Å². The second-order valence-corrected chi connectivity index (χ2v) is 4.36. The minimum Gasteiger partial charge on any atom is -0.388 e. The molecule has 0 radical (unpaired) electrons. The molecule has 6 heteroatoms. The van der Waals surface area contributed by atoms with E-state index in [1.54, 1.807) is 12.1 Å². The van der Waals surface area contributed by atoms with Crippen LogP contribution in [0.5, 0.6) is 0 Å². The van der Waals surface area contributed by atoms with Gasteiger partial charge in [0.2, 0.25) is 5.56 Å². The smallest absolute Gasteiger partial charge is 0.248 e. The first-order chi connectivity index (χ1) is 9.06. The summed E-state index contributed by atoms with van der Waals surface area (Å²) in [6.45, 7) is 3.97. The van der Waals surface area contributed by atoms with Crippen molar-refractivity contribution in [3.8, 4) is 0 Å². The number of H-pyrrole nitrogens is 1. The summed E-state index contributed by atoms with van der Waals surface area (Å²) in [5.41, 5.74) is 2.36. The van der Waals surface area contributed by atoms with E-state index in [4.69, 9.17) is 5.11 Å². The van der Waals surface area contributed by atoms with Crippen molar-refractivity contribution >= 4 is 5.82 Å². The van der Waals surface area contributed by atoms with Crippen molar-refractivity contribution in [1.29, 1.82) is 0 Å². The van der Waals surface area contributed by atoms with Crippen LogP contribution in [0.2, 0.25) is 0 Å². The number of aliphatic hydroxyl groups excluding tert-OH is 1. The normalized spacial score (nSPS) is 10.5. The van der Waals surface area contributed by atoms with Crippen LogP contribution in [0.25, 0.3) is 0 Å². The monoisotopic (exact) mass is 260 g/mol. The number of nitrogens with zero attached hydrogens (tertiary/aromatic N) is 2. The number of rotatable bonds is 4. The number of nitrogens with one attached hydrogen (secondary N) is 2. The van der Waals surface area contributed by atoms with Gasteiger partial charge < -0.3 is 15.4 Å². The van der Waals surface area contributed by atoms with Crippen LogP contribution >= 0.6 is 0 Å². The Bertz CT molecular complexity index is 637. The standard InChI is InChI=1S/C13H16N4O2/c1-8-3-10(5-13(19)16-8)6-14-11-4-9(2)15-12(7-18)17-11/h3-5,18H,6-7H2,1-2H3,(H,16,19)(H,14,15,17). The van der Waals surface area contributed by atoms with E-state index >= 15 is 0 Å². The molecule has 3 N–H and O–H groups in total. The summed E-state index contributed by atoms with van der Waals surface area (Å²) in [4.78, 5) is 22.3. The number of aryl methyl sites for hydroxylation is 2. The summed E-state index contributed by atoms with van der Waals surface area (Å²) in [6.07, 6.45) is 0. The molecule has 0 spiro atoms. The van der Waals surface area contributed by atoms with E-state index in [0.717, 1.165) is 17.0 Å². The highest BCUT2D eigenvalue weighted by Gasteiger charge is 2.02. The molecule has 0 amide bonds. The van der Waals surface area contributed by atoms with Crippen LogP contribution in [0.4, 0.5) is 5.82 Å². The van der Waals surface area contributed by atoms with Gasteiger partial charge in [0.1, 0.15) is 12.4 Å². The van der Waals surface area contributed by atoms with Crippen LogP contribution in [0.15, 0.2) is 23.0 Å². The predicted octanol–water partition coefficient (Wildman–Crippen LogP) is 0.886. The van der Waals surface area contributed by atoms with Crippen molar-refractivity contribution in [2.24, 2.45) is 0 Å². The summed E-state index contributed by atoms with van der Waals surface area (Å²) >= 11 is 0. The summed E-state index contributed by atoms with van der Waals surface area (Å²) < 4.78 is 0. The van der Waals surface area contributed by atoms with Gasteiger partial charge in [0.25, 0.3) is 0 Å². The SMILES string of the molecule is Cc1cc(NCc2cc(C)[nH]c(=O)c2)nc(CO)n1. The summed E-state index contributed by atoms with van der Waals surface area (Å²) in [5, 5.41) is 12.2. The largest absolute Gasteiger partial charge is 0.388 e. The van der Waals surface area contributed by atoms with Gasteiger partial charge in [-0.1, -0.05) is 0 Å². The Morgan fingerprint density at radius 2 is 2.05 bits per heavy atom. The predicted molar refractivity (Wildman–Crippen MR) is 71.8 cm³/mol. The average Bonchev–Trinajstić information content (AvgIpc) is 2.34. The molecule has 0 aromatic carbocycles. The van der Waals surface area contributed by atoms with Crippen LogP contribution in [-0.4, -0.2) is 20.1 Å². The minimum atomic E-state index is -0.194. The number of aromatic amines is 1. The van der Waals surface area contributed by atoms with E-state index < -0.39 is 0 Å². The third kappa shape index (κ3) is 3.62. The zero-order valence-corrected chi connectivity index (χ0v) is 10.9. The van der Waals surface area contributed by atoms with Crippen LogP contribution in [0.3, 0.4) is 0 Å². The van der Waals surface area contributed by atoms with Crippen LogP contribution in [0, 0.1) is 13.8 Å². The number of hydrogen-bond acceptors (Lipinski definition) is 5. The lowest BCUT2D eigenvalue weighted by molar-refractivity contribution is 0.271. The quantitative estimate of drug-likeness (QED) is 0.759. The fraction of sp³-hybridized carbons (Fsp3) is 0.308. The maximum absolute atomic E-state index is 11.3. The zero-order valence-electron chi connectivity index (χ0n) is 10.9. The molecule has 6 nitrogen and oxygen atoms in total. The lowest BCUT2D eigenvalue weighted by Gasteiger charge is -2.08. The molecule has 2 aromatic rings. The molecular formula is C13H16N4O2. The lowest BCUT2D eigenvalue weighted by Crippen LogP contribution is -2.11. The van der Waals surface area contributed by atoms with Crippen molar-refractivity contribution in [2.75, 3.05) is 5.32 Å². The molecule has 2 rings (SSSR count). The third-order valence-corrected chi connectivity index (χ3v) is 2.55. The highest BCUT2D eigenvalue weighted by Crippen LogP contribution is 2.08. The molecule has 0 unspecified atom stereocenters. The molecule has 0 bridgehead atoms. The number of anilines is 1. The number of pyridine rings is 1. The van der Waals surface area contributed by atoms with Crippen molar-refractivity contribution in [1.82, 2.24) is 15.0 Å². The van der Waals surface area contributed by atoms with Crippen molar-refractivity contribution < 1.29 is 5.11 Å². The number of aliphatic hydroxyl groups is 1. The Morgan fingerprint density at radius 1 is 1.26 bits per heavy atom. The van der Waals surface area contributed by atoms with Crippen LogP contribution in [-0.2, 0) is 13.2 Å². The first-order valence-electron chi connectivity index (χ1n) is 5.96. The van der Waals surface area contributed by atoms with E-state index in [1.165, 1.54) is 0 Å². The van der Waals surface area contributed by atoms with E-state index in [-0.39, 0.29) is 12.2 Å². The van der Waals surface area contributed by atoms with Gasteiger partial charge in [-0.05, 0) is 25.5 Å². The molecule has 0 aliphatic carbocycles. The van der Waals surface area contributed by atoms with Gasteiger partial charge in [0, 0.05) is 30.1 Å². The molecule has 2 heterocycles. The van der Waals surface area contributed by atoms with Gasteiger partial charge in [-0.2, -0.15) is 0 Å². The Kier molecular flexibility index (Phi) is 3.91. The van der Waals surface area contributed by atoms with Crippen molar-refractivity contribution in [3.63, 3.8) is 0 Å². The summed E-state index contributed by atoms with van der Waals surface area (Å²) in [6, 6.07) is 5.23. The molecule has 0 aliphatic heterocycles. The maximum atomic E-state index is 11.3. The van der Waals surface area contributed by atoms with E-state index in [0.29, 0.717) is 18.2 Å². The first kappa shape index (κ1) is 13.2. The second-order valence-electron chi connectivity index (χ2n) is 4.36. The van der Waals surface area contributed by atoms with Crippen molar-refractivity contribution in [2.45, 2.75) is 27.0 Å². The van der Waals surface area contributed by atoms with Crippen LogP contribution in [0.1, 0.15) is 22.8 Å². The lowest BCUT2D eigenvalue weighted by atomic mass is 10.2. The summed E-state index contributed by atoms with van der Waals surface area (Å²) in [7, 11) is 0. The molecule has 19 heavy (non-hydrogen) atoms. The molecule has 0 fully saturated rings. The minimum absolute atomic E-state index is 0.119. The average molecular weight is 260 g/mol. The van der Waals surface area contributed by atoms with Gasteiger partial charge >= 0.3 is 0 Å². The molecule has 0 atom stereocenters. The first-order valence-corrected chi connectivity index (χ1v) is 5.96. The Hall–Kier alpha value is -2.21. The molecule has 100 valence electrons. The zero-order chi connectivity index (χ0) is 13.8. The topological polar surface area (TPSA) is 90.9 Å². The Morgan fingerprint density at radius 3 is 2.74 bits per heavy atom. The van der Waals surface area contributed by atoms with Gasteiger partial charge in [0.05, 0.1) is 0 Å². The van der Waals surface area contributed by atoms with Crippen LogP contribution < -0.4 is 10.9 Å². The number of aromatic nitrogens is 3. The maximum Gasteiger partial charge on any atom is 0.248 e. The van der Waals surface area contributed by atoms with E-state index in [2.05, 4.69) is 20.3 Å². The van der Waals surface area contributed by atoms with Gasteiger partial charge in [0.15, 0.2) is 5.82 Å². The fourth-order valence-corrected chi connectivity index (χ4v) is 1.84. The van der Waals surface area contributed by atoms with Gasteiger partial charge in [-0.25, -0.2) is 9.97 Å². The highest BCUT2D eigenvalue weighted by molar-refractivity contribution is 5.37. The molecule has 2 aromatic heterocycles. The molecule has 0 saturated heterocycles. The van der Waals surface area contributed by atoms with E-state index in [1.807, 2.05) is 19.9 Å². The molecule has 0 saturated carbocycles. The molecular weight excluding hydrogens is 244 g/mol. The summed E-state index contributed by atoms with van der Waals surface area (Å²) in [5.74, 6) is 1.01. The Balaban J connectivity index is 2.14. The van der Waals surface area contributed by atoms with E-state index in [9.17, 15) is 4.79 Å². The fourth-order valence-electron chi connectivity index (χ4n) is 1.84. The second kappa shape index (κ2) is 5.62. The number of hydrogen-bond donors (Lipinski definition) is 3.